The van der Waals surface area contributed by atoms with Gasteiger partial charge in [0.15, 0.2) is 0 Å². The van der Waals surface area contributed by atoms with E-state index in [1.54, 1.807) is 24.3 Å². The fourth-order valence-corrected chi connectivity index (χ4v) is 5.32. The smallest absolute Gasteiger partial charge is 0.338 e. The molecular formula is C28H34O4. The van der Waals surface area contributed by atoms with Gasteiger partial charge in [0.05, 0.1) is 11.1 Å². The summed E-state index contributed by atoms with van der Waals surface area (Å²) >= 11 is 0. The van der Waals surface area contributed by atoms with E-state index in [1.165, 1.54) is 12.8 Å². The predicted molar refractivity (Wildman–Crippen MR) is 124 cm³/mol. The summed E-state index contributed by atoms with van der Waals surface area (Å²) in [5.74, 6) is -0.186. The molecule has 0 bridgehead atoms. The number of rotatable bonds is 7. The molecule has 0 heterocycles. The van der Waals surface area contributed by atoms with Crippen LogP contribution < -0.4 is 0 Å². The lowest BCUT2D eigenvalue weighted by Crippen LogP contribution is -2.46. The zero-order valence-electron chi connectivity index (χ0n) is 18.8. The van der Waals surface area contributed by atoms with Crippen molar-refractivity contribution in [3.63, 3.8) is 0 Å². The van der Waals surface area contributed by atoms with Crippen LogP contribution >= 0.6 is 0 Å². The van der Waals surface area contributed by atoms with Gasteiger partial charge in [-0.2, -0.15) is 0 Å². The van der Waals surface area contributed by atoms with Gasteiger partial charge in [0.1, 0.15) is 12.2 Å². The molecule has 2 atom stereocenters. The Kier molecular flexibility index (Phi) is 7.97. The van der Waals surface area contributed by atoms with E-state index in [1.807, 2.05) is 36.4 Å². The molecule has 0 saturated heterocycles. The van der Waals surface area contributed by atoms with E-state index >= 15 is 0 Å². The second kappa shape index (κ2) is 11.3. The maximum absolute atomic E-state index is 13.1. The third-order valence-electron chi connectivity index (χ3n) is 7.06. The molecule has 32 heavy (non-hydrogen) atoms. The summed E-state index contributed by atoms with van der Waals surface area (Å²) in [5, 5.41) is 0. The largest absolute Gasteiger partial charge is 0.455 e. The Morgan fingerprint density at radius 2 is 0.906 bits per heavy atom. The van der Waals surface area contributed by atoms with E-state index in [0.29, 0.717) is 11.1 Å². The van der Waals surface area contributed by atoms with Gasteiger partial charge in [0.2, 0.25) is 0 Å². The SMILES string of the molecule is O=C(O[C@H](C1CCCCC1)[C@H](OC(=O)c1ccccc1)C1CCCCC1)c1ccccc1. The van der Waals surface area contributed by atoms with E-state index < -0.39 is 12.2 Å². The van der Waals surface area contributed by atoms with Crippen molar-refractivity contribution in [1.29, 1.82) is 0 Å². The van der Waals surface area contributed by atoms with Crippen LogP contribution in [-0.2, 0) is 9.47 Å². The van der Waals surface area contributed by atoms with Crippen molar-refractivity contribution in [2.24, 2.45) is 11.8 Å². The van der Waals surface area contributed by atoms with Crippen molar-refractivity contribution >= 4 is 11.9 Å². The van der Waals surface area contributed by atoms with Gasteiger partial charge in [-0.15, -0.1) is 0 Å². The van der Waals surface area contributed by atoms with Gasteiger partial charge in [0, 0.05) is 0 Å². The third kappa shape index (κ3) is 5.79. The van der Waals surface area contributed by atoms with Crippen molar-refractivity contribution in [2.45, 2.75) is 76.4 Å². The van der Waals surface area contributed by atoms with Crippen LogP contribution in [0.5, 0.6) is 0 Å². The molecule has 0 N–H and O–H groups in total. The highest BCUT2D eigenvalue weighted by molar-refractivity contribution is 5.90. The minimum Gasteiger partial charge on any atom is -0.455 e. The fraction of sp³-hybridized carbons (Fsp3) is 0.500. The van der Waals surface area contributed by atoms with Crippen LogP contribution in [0.3, 0.4) is 0 Å². The number of benzene rings is 2. The average Bonchev–Trinajstić information content (AvgIpc) is 2.88. The van der Waals surface area contributed by atoms with Gasteiger partial charge in [-0.05, 0) is 61.8 Å². The topological polar surface area (TPSA) is 52.6 Å². The Balaban J connectivity index is 1.61. The van der Waals surface area contributed by atoms with Crippen molar-refractivity contribution in [3.05, 3.63) is 71.8 Å². The van der Waals surface area contributed by atoms with Crippen LogP contribution in [-0.4, -0.2) is 24.1 Å². The maximum atomic E-state index is 13.1. The highest BCUT2D eigenvalue weighted by Crippen LogP contribution is 2.37. The molecule has 0 aromatic heterocycles. The van der Waals surface area contributed by atoms with Gasteiger partial charge >= 0.3 is 11.9 Å². The number of carbonyl (C=O) groups excluding carboxylic acids is 2. The molecule has 0 unspecified atom stereocenters. The van der Waals surface area contributed by atoms with E-state index in [2.05, 4.69) is 0 Å². The molecule has 2 saturated carbocycles. The number of hydrogen-bond acceptors (Lipinski definition) is 4. The molecule has 2 aromatic rings. The summed E-state index contributed by atoms with van der Waals surface area (Å²) in [5.41, 5.74) is 1.09. The third-order valence-corrected chi connectivity index (χ3v) is 7.06. The van der Waals surface area contributed by atoms with Crippen molar-refractivity contribution in [1.82, 2.24) is 0 Å². The number of carbonyl (C=O) groups is 2. The first-order chi connectivity index (χ1) is 15.7. The second-order valence-electron chi connectivity index (χ2n) is 9.27. The zero-order chi connectivity index (χ0) is 22.2. The Hall–Kier alpha value is -2.62. The molecule has 2 fully saturated rings. The Labute approximate surface area is 191 Å². The molecule has 4 rings (SSSR count). The van der Waals surface area contributed by atoms with Crippen LogP contribution in [0, 0.1) is 11.8 Å². The van der Waals surface area contributed by atoms with Crippen LogP contribution in [0.1, 0.15) is 84.9 Å². The molecule has 0 radical (unpaired) electrons. The standard InChI is InChI=1S/C28H34O4/c29-27(23-17-9-3-10-18-23)31-25(21-13-5-1-6-14-21)26(22-15-7-2-8-16-22)32-28(30)24-19-11-4-12-20-24/h3-4,9-12,17-22,25-26H,1-2,5-8,13-16H2/t25-,26-/m1/s1. The summed E-state index contributed by atoms with van der Waals surface area (Å²) in [6.45, 7) is 0. The van der Waals surface area contributed by atoms with Crippen molar-refractivity contribution < 1.29 is 19.1 Å². The monoisotopic (exact) mass is 434 g/mol. The average molecular weight is 435 g/mol. The minimum atomic E-state index is -0.404. The molecular weight excluding hydrogens is 400 g/mol. The molecule has 0 aliphatic heterocycles. The first-order valence-electron chi connectivity index (χ1n) is 12.2. The lowest BCUT2D eigenvalue weighted by molar-refractivity contribution is -0.0863. The molecule has 2 aliphatic carbocycles. The lowest BCUT2D eigenvalue weighted by Gasteiger charge is -2.39. The highest BCUT2D eigenvalue weighted by atomic mass is 16.6. The normalized spacial score (nSPS) is 19.6. The predicted octanol–water partition coefficient (Wildman–Crippen LogP) is 6.60. The summed E-state index contributed by atoms with van der Waals surface area (Å²) in [7, 11) is 0. The molecule has 2 aromatic carbocycles. The number of ether oxygens (including phenoxy) is 2. The first kappa shape index (κ1) is 22.6. The maximum Gasteiger partial charge on any atom is 0.338 e. The van der Waals surface area contributed by atoms with E-state index in [0.717, 1.165) is 51.4 Å². The van der Waals surface area contributed by atoms with Crippen LogP contribution in [0.4, 0.5) is 0 Å². The summed E-state index contributed by atoms with van der Waals surface area (Å²) in [4.78, 5) is 26.2. The zero-order valence-corrected chi connectivity index (χ0v) is 18.8. The Morgan fingerprint density at radius 1 is 0.562 bits per heavy atom. The van der Waals surface area contributed by atoms with Gasteiger partial charge in [0.25, 0.3) is 0 Å². The Bertz CT molecular complexity index is 778. The quantitative estimate of drug-likeness (QED) is 0.461. The van der Waals surface area contributed by atoms with Crippen LogP contribution in [0.2, 0.25) is 0 Å². The van der Waals surface area contributed by atoms with Crippen molar-refractivity contribution in [3.8, 4) is 0 Å². The first-order valence-corrected chi connectivity index (χ1v) is 12.2. The van der Waals surface area contributed by atoms with E-state index in [4.69, 9.17) is 9.47 Å². The minimum absolute atomic E-state index is 0.229. The Morgan fingerprint density at radius 3 is 1.25 bits per heavy atom. The number of esters is 2. The molecule has 4 heteroatoms. The van der Waals surface area contributed by atoms with Gasteiger partial charge < -0.3 is 9.47 Å². The molecule has 170 valence electrons. The van der Waals surface area contributed by atoms with Crippen LogP contribution in [0.25, 0.3) is 0 Å². The van der Waals surface area contributed by atoms with Crippen molar-refractivity contribution in [2.75, 3.05) is 0 Å². The van der Waals surface area contributed by atoms with Crippen LogP contribution in [0.15, 0.2) is 60.7 Å². The molecule has 2 aliphatic rings. The lowest BCUT2D eigenvalue weighted by atomic mass is 9.76. The summed E-state index contributed by atoms with van der Waals surface area (Å²) in [6.07, 6.45) is 10.2. The highest BCUT2D eigenvalue weighted by Gasteiger charge is 2.41. The van der Waals surface area contributed by atoms with E-state index in [9.17, 15) is 9.59 Å². The molecule has 4 nitrogen and oxygen atoms in total. The summed E-state index contributed by atoms with van der Waals surface area (Å²) < 4.78 is 12.4. The van der Waals surface area contributed by atoms with Gasteiger partial charge in [-0.1, -0.05) is 74.9 Å². The molecule has 0 spiro atoms. The summed E-state index contributed by atoms with van der Waals surface area (Å²) in [6, 6.07) is 18.3. The second-order valence-corrected chi connectivity index (χ2v) is 9.27. The number of hydrogen-bond donors (Lipinski definition) is 0. The molecule has 0 amide bonds. The fourth-order valence-electron chi connectivity index (χ4n) is 5.32. The van der Waals surface area contributed by atoms with Gasteiger partial charge in [-0.3, -0.25) is 0 Å². The van der Waals surface area contributed by atoms with E-state index in [-0.39, 0.29) is 23.8 Å². The van der Waals surface area contributed by atoms with Gasteiger partial charge in [-0.25, -0.2) is 9.59 Å².